The lowest BCUT2D eigenvalue weighted by atomic mass is 10.0. The van der Waals surface area contributed by atoms with Gasteiger partial charge in [-0.3, -0.25) is 23.4 Å². The fraction of sp³-hybridized carbons (Fsp3) is 0.804. The molecule has 0 aliphatic carbocycles. The molecule has 5 atom stereocenters. The van der Waals surface area contributed by atoms with Gasteiger partial charge in [-0.1, -0.05) is 166 Å². The van der Waals surface area contributed by atoms with Crippen LogP contribution in [0.1, 0.15) is 194 Å². The van der Waals surface area contributed by atoms with Crippen LogP contribution in [0.3, 0.4) is 0 Å². The molecule has 1 heterocycles. The summed E-state index contributed by atoms with van der Waals surface area (Å²) in [5.41, 5.74) is 5.34. The van der Waals surface area contributed by atoms with E-state index in [0.29, 0.717) is 19.3 Å². The van der Waals surface area contributed by atoms with Gasteiger partial charge in [0.15, 0.2) is 6.10 Å². The van der Waals surface area contributed by atoms with Crippen molar-refractivity contribution in [3.8, 4) is 0 Å². The number of unbranched alkanes of at least 4 members (excludes halogenated alkanes) is 19. The lowest BCUT2D eigenvalue weighted by Crippen LogP contribution is -2.34. The first kappa shape index (κ1) is 54.7. The van der Waals surface area contributed by atoms with Crippen molar-refractivity contribution >= 4 is 25.7 Å². The van der Waals surface area contributed by atoms with Gasteiger partial charge in [0, 0.05) is 12.8 Å². The molecular weight excluding hydrogens is 773 g/mol. The van der Waals surface area contributed by atoms with Crippen LogP contribution in [-0.4, -0.2) is 72.1 Å². The lowest BCUT2D eigenvalue weighted by molar-refractivity contribution is -0.161. The third-order valence-electron chi connectivity index (χ3n) is 10.3. The summed E-state index contributed by atoms with van der Waals surface area (Å²) >= 11 is 0. The molecule has 1 aliphatic heterocycles. The summed E-state index contributed by atoms with van der Waals surface area (Å²) in [5.74, 6) is -2.46. The number of aliphatic carboxylic acids is 1. The Balaban J connectivity index is 2.30. The van der Waals surface area contributed by atoms with E-state index in [0.717, 1.165) is 44.9 Å². The average Bonchev–Trinajstić information content (AvgIpc) is 3.97. The Morgan fingerprint density at radius 3 is 1.69 bits per heavy atom. The second-order valence-electron chi connectivity index (χ2n) is 15.9. The highest BCUT2D eigenvalue weighted by Gasteiger charge is 2.36. The van der Waals surface area contributed by atoms with Crippen molar-refractivity contribution in [1.82, 2.24) is 0 Å². The van der Waals surface area contributed by atoms with Crippen LogP contribution in [-0.2, 0) is 42.2 Å². The van der Waals surface area contributed by atoms with Crippen LogP contribution in [0.5, 0.6) is 0 Å². The van der Waals surface area contributed by atoms with Gasteiger partial charge in [-0.25, -0.2) is 4.57 Å². The SMILES string of the molecule is CCCCC/C=C\C/C=C\C/C=C\CC1OC1CCCC(=O)OC[C@H](COP(=O)(O)OC[C@H](N)C(=O)O)OC(=O)CCCCCCCCCCCCCCCCCCC. The van der Waals surface area contributed by atoms with E-state index in [-0.39, 0.29) is 31.7 Å². The molecule has 0 bridgehead atoms. The van der Waals surface area contributed by atoms with Gasteiger partial charge in [0.2, 0.25) is 0 Å². The monoisotopic (exact) mass is 856 g/mol. The third-order valence-corrected chi connectivity index (χ3v) is 11.3. The molecule has 1 aliphatic rings. The zero-order chi connectivity index (χ0) is 43.2. The number of allylic oxidation sites excluding steroid dienone is 5. The second kappa shape index (κ2) is 37.4. The Labute approximate surface area is 357 Å². The Morgan fingerprint density at radius 1 is 0.627 bits per heavy atom. The molecule has 12 nitrogen and oxygen atoms in total. The number of epoxide rings is 1. The van der Waals surface area contributed by atoms with Crippen molar-refractivity contribution in [2.24, 2.45) is 5.73 Å². The van der Waals surface area contributed by atoms with Crippen molar-refractivity contribution in [3.63, 3.8) is 0 Å². The highest BCUT2D eigenvalue weighted by Crippen LogP contribution is 2.43. The molecule has 0 amide bonds. The molecule has 0 aromatic carbocycles. The molecule has 0 saturated carbocycles. The number of ether oxygens (including phenoxy) is 3. The average molecular weight is 856 g/mol. The number of nitrogens with two attached hydrogens (primary N) is 1. The molecule has 3 unspecified atom stereocenters. The molecule has 1 saturated heterocycles. The number of carbonyl (C=O) groups excluding carboxylic acids is 2. The van der Waals surface area contributed by atoms with E-state index < -0.39 is 51.1 Å². The van der Waals surface area contributed by atoms with Gasteiger partial charge in [0.05, 0.1) is 25.4 Å². The van der Waals surface area contributed by atoms with E-state index in [4.69, 9.17) is 29.6 Å². The molecule has 0 radical (unpaired) electrons. The van der Waals surface area contributed by atoms with Crippen LogP contribution in [0, 0.1) is 0 Å². The number of rotatable bonds is 42. The van der Waals surface area contributed by atoms with E-state index in [2.05, 4.69) is 54.8 Å². The number of carboxylic acid groups (broad SMARTS) is 1. The molecule has 0 aromatic rings. The van der Waals surface area contributed by atoms with Crippen LogP contribution >= 0.6 is 7.82 Å². The maximum atomic E-state index is 12.7. The number of carbonyl (C=O) groups is 3. The summed E-state index contributed by atoms with van der Waals surface area (Å²) in [4.78, 5) is 46.2. The zero-order valence-corrected chi connectivity index (χ0v) is 37.7. The lowest BCUT2D eigenvalue weighted by Gasteiger charge is -2.20. The molecule has 0 aromatic heterocycles. The molecular formula is C46H82NO11P. The van der Waals surface area contributed by atoms with Crippen LogP contribution in [0.15, 0.2) is 36.5 Å². The van der Waals surface area contributed by atoms with E-state index in [1.54, 1.807) is 0 Å². The number of phosphoric acid groups is 1. The Hall–Kier alpha value is -2.34. The highest BCUT2D eigenvalue weighted by molar-refractivity contribution is 7.47. The van der Waals surface area contributed by atoms with Crippen molar-refractivity contribution < 1.29 is 52.2 Å². The quantitative estimate of drug-likeness (QED) is 0.0174. The van der Waals surface area contributed by atoms with Crippen molar-refractivity contribution in [2.45, 2.75) is 218 Å². The van der Waals surface area contributed by atoms with E-state index in [1.165, 1.54) is 103 Å². The van der Waals surface area contributed by atoms with Crippen LogP contribution in [0.25, 0.3) is 0 Å². The summed E-state index contributed by atoms with van der Waals surface area (Å²) in [6.45, 7) is 2.72. The number of esters is 2. The van der Waals surface area contributed by atoms with Crippen molar-refractivity contribution in [2.75, 3.05) is 19.8 Å². The molecule has 342 valence electrons. The van der Waals surface area contributed by atoms with Gasteiger partial charge < -0.3 is 29.9 Å². The highest BCUT2D eigenvalue weighted by atomic mass is 31.2. The second-order valence-corrected chi connectivity index (χ2v) is 17.4. The first-order chi connectivity index (χ1) is 28.6. The summed E-state index contributed by atoms with van der Waals surface area (Å²) in [7, 11) is -4.74. The van der Waals surface area contributed by atoms with Crippen molar-refractivity contribution in [3.05, 3.63) is 36.5 Å². The summed E-state index contributed by atoms with van der Waals surface area (Å²) in [6, 6.07) is -1.53. The fourth-order valence-corrected chi connectivity index (χ4v) is 7.34. The normalized spacial score (nSPS) is 17.4. The number of hydrogen-bond acceptors (Lipinski definition) is 10. The molecule has 59 heavy (non-hydrogen) atoms. The van der Waals surface area contributed by atoms with E-state index >= 15 is 0 Å². The Morgan fingerprint density at radius 2 is 1.12 bits per heavy atom. The minimum Gasteiger partial charge on any atom is -0.480 e. The van der Waals surface area contributed by atoms with Gasteiger partial charge in [-0.05, 0) is 51.4 Å². The molecule has 4 N–H and O–H groups in total. The molecule has 0 spiro atoms. The number of hydrogen-bond donors (Lipinski definition) is 3. The van der Waals surface area contributed by atoms with E-state index in [1.807, 2.05) is 0 Å². The van der Waals surface area contributed by atoms with Gasteiger partial charge in [0.25, 0.3) is 0 Å². The van der Waals surface area contributed by atoms with E-state index in [9.17, 15) is 23.8 Å². The summed E-state index contributed by atoms with van der Waals surface area (Å²) in [5, 5.41) is 8.91. The molecule has 13 heteroatoms. The standard InChI is InChI=1S/C46H82NO11P/c1-3-5-7-9-11-13-15-17-18-19-20-21-23-25-27-29-31-35-45(49)57-40(38-55-59(52,53)56-39-41(47)46(50)51)37-54-44(48)36-32-34-43-42(58-43)33-30-28-26-24-22-16-14-12-10-8-6-4-2/h12,14,22,24,28,30,40-43H,3-11,13,15-21,23,25-27,29,31-39,47H2,1-2H3,(H,50,51)(H,52,53)/b14-12-,24-22-,30-28-/t40-,41+,42?,43?/m1/s1. The zero-order valence-electron chi connectivity index (χ0n) is 36.8. The minimum atomic E-state index is -4.74. The van der Waals surface area contributed by atoms with Gasteiger partial charge in [-0.15, -0.1) is 0 Å². The fourth-order valence-electron chi connectivity index (χ4n) is 6.56. The Bertz CT molecular complexity index is 1210. The predicted octanol–water partition coefficient (Wildman–Crippen LogP) is 11.4. The van der Waals surface area contributed by atoms with Gasteiger partial charge in [0.1, 0.15) is 12.6 Å². The number of phosphoric ester groups is 1. The van der Waals surface area contributed by atoms with Crippen molar-refractivity contribution in [1.29, 1.82) is 0 Å². The largest absolute Gasteiger partial charge is 0.480 e. The molecule has 1 rings (SSSR count). The smallest absolute Gasteiger partial charge is 0.472 e. The minimum absolute atomic E-state index is 0.102. The first-order valence-electron chi connectivity index (χ1n) is 23.1. The summed E-state index contributed by atoms with van der Waals surface area (Å²) < 4.78 is 38.5. The maximum Gasteiger partial charge on any atom is 0.472 e. The first-order valence-corrected chi connectivity index (χ1v) is 24.6. The predicted molar refractivity (Wildman–Crippen MR) is 235 cm³/mol. The Kier molecular flexibility index (Phi) is 34.7. The topological polar surface area (TPSA) is 184 Å². The van der Waals surface area contributed by atoms with Gasteiger partial charge in [-0.2, -0.15) is 0 Å². The van der Waals surface area contributed by atoms with Crippen LogP contribution < -0.4 is 5.73 Å². The third kappa shape index (κ3) is 35.0. The maximum absolute atomic E-state index is 12.7. The molecule has 1 fully saturated rings. The van der Waals surface area contributed by atoms with Gasteiger partial charge >= 0.3 is 25.7 Å². The number of carboxylic acids is 1. The van der Waals surface area contributed by atoms with Crippen LogP contribution in [0.4, 0.5) is 0 Å². The van der Waals surface area contributed by atoms with Crippen LogP contribution in [0.2, 0.25) is 0 Å². The summed E-state index contributed by atoms with van der Waals surface area (Å²) in [6.07, 6.45) is 42.2.